The van der Waals surface area contributed by atoms with Gasteiger partial charge in [-0.2, -0.15) is 4.98 Å². The molecule has 27 heavy (non-hydrogen) atoms. The van der Waals surface area contributed by atoms with Crippen molar-refractivity contribution in [3.05, 3.63) is 66.1 Å². The molecule has 0 saturated heterocycles. The highest BCUT2D eigenvalue weighted by Crippen LogP contribution is 2.25. The molecular weight excluding hydrogens is 342 g/mol. The van der Waals surface area contributed by atoms with Crippen molar-refractivity contribution in [2.24, 2.45) is 0 Å². The first kappa shape index (κ1) is 17.3. The zero-order valence-electron chi connectivity index (χ0n) is 15.1. The highest BCUT2D eigenvalue weighted by Gasteiger charge is 2.17. The van der Waals surface area contributed by atoms with Gasteiger partial charge >= 0.3 is 0 Å². The number of ether oxygens (including phenoxy) is 1. The molecule has 2 aromatic carbocycles. The van der Waals surface area contributed by atoms with Gasteiger partial charge in [0.2, 0.25) is 11.7 Å². The van der Waals surface area contributed by atoms with E-state index in [1.54, 1.807) is 19.2 Å². The number of hydrogen-bond acceptors (Lipinski definition) is 6. The van der Waals surface area contributed by atoms with Gasteiger partial charge in [-0.3, -0.25) is 4.90 Å². The SMILES string of the molecule is COc1ccc(-c2noc(CN3CC=C(c4ccc(O)cc4)CC3)n2)cc1. The van der Waals surface area contributed by atoms with Gasteiger partial charge in [-0.25, -0.2) is 0 Å². The minimum absolute atomic E-state index is 0.292. The molecule has 4 rings (SSSR count). The summed E-state index contributed by atoms with van der Waals surface area (Å²) in [5.41, 5.74) is 3.36. The normalized spacial score (nSPS) is 14.8. The molecule has 6 heteroatoms. The minimum Gasteiger partial charge on any atom is -0.508 e. The Bertz CT molecular complexity index is 930. The van der Waals surface area contributed by atoms with Crippen LogP contribution < -0.4 is 4.74 Å². The predicted octanol–water partition coefficient (Wildman–Crippen LogP) is 3.74. The van der Waals surface area contributed by atoms with Crippen molar-refractivity contribution < 1.29 is 14.4 Å². The van der Waals surface area contributed by atoms with Crippen LogP contribution in [0.3, 0.4) is 0 Å². The number of phenols is 1. The lowest BCUT2D eigenvalue weighted by molar-refractivity contribution is 0.245. The van der Waals surface area contributed by atoms with E-state index in [9.17, 15) is 5.11 Å². The summed E-state index contributed by atoms with van der Waals surface area (Å²) < 4.78 is 10.6. The summed E-state index contributed by atoms with van der Waals surface area (Å²) in [5.74, 6) is 2.29. The molecule has 6 nitrogen and oxygen atoms in total. The number of hydrogen-bond donors (Lipinski definition) is 1. The molecule has 2 heterocycles. The van der Waals surface area contributed by atoms with Gasteiger partial charge in [0, 0.05) is 18.7 Å². The van der Waals surface area contributed by atoms with Crippen LogP contribution in [0.4, 0.5) is 0 Å². The van der Waals surface area contributed by atoms with Crippen molar-refractivity contribution in [3.8, 4) is 22.9 Å². The molecule has 0 aliphatic carbocycles. The molecule has 3 aromatic rings. The minimum atomic E-state index is 0.292. The number of aromatic hydroxyl groups is 1. The van der Waals surface area contributed by atoms with Gasteiger partial charge in [0.15, 0.2) is 0 Å². The highest BCUT2D eigenvalue weighted by atomic mass is 16.5. The molecule has 0 bridgehead atoms. The fraction of sp³-hybridized carbons (Fsp3) is 0.238. The van der Waals surface area contributed by atoms with Crippen molar-refractivity contribution in [1.82, 2.24) is 15.0 Å². The summed E-state index contributed by atoms with van der Waals surface area (Å²) in [6.07, 6.45) is 3.17. The first-order valence-electron chi connectivity index (χ1n) is 8.89. The average Bonchev–Trinajstić information content (AvgIpc) is 3.18. The Labute approximate surface area is 157 Å². The first-order chi connectivity index (χ1) is 13.2. The van der Waals surface area contributed by atoms with Crippen LogP contribution in [0.25, 0.3) is 17.0 Å². The molecule has 1 aromatic heterocycles. The first-order valence-corrected chi connectivity index (χ1v) is 8.89. The molecule has 138 valence electrons. The molecule has 1 N–H and O–H groups in total. The van der Waals surface area contributed by atoms with E-state index in [4.69, 9.17) is 9.26 Å². The maximum Gasteiger partial charge on any atom is 0.241 e. The average molecular weight is 363 g/mol. The van der Waals surface area contributed by atoms with Crippen molar-refractivity contribution in [2.45, 2.75) is 13.0 Å². The van der Waals surface area contributed by atoms with Gasteiger partial charge < -0.3 is 14.4 Å². The van der Waals surface area contributed by atoms with Crippen molar-refractivity contribution in [3.63, 3.8) is 0 Å². The van der Waals surface area contributed by atoms with Gasteiger partial charge in [-0.05, 0) is 54.0 Å². The fourth-order valence-corrected chi connectivity index (χ4v) is 3.16. The smallest absolute Gasteiger partial charge is 0.241 e. The van der Waals surface area contributed by atoms with Crippen LogP contribution >= 0.6 is 0 Å². The summed E-state index contributed by atoms with van der Waals surface area (Å²) in [6.45, 7) is 2.38. The zero-order valence-corrected chi connectivity index (χ0v) is 15.1. The van der Waals surface area contributed by atoms with E-state index in [0.29, 0.717) is 24.0 Å². The lowest BCUT2D eigenvalue weighted by Gasteiger charge is -2.25. The molecule has 0 atom stereocenters. The van der Waals surface area contributed by atoms with Gasteiger partial charge in [0.1, 0.15) is 11.5 Å². The molecule has 1 aliphatic rings. The van der Waals surface area contributed by atoms with Gasteiger partial charge in [-0.15, -0.1) is 0 Å². The van der Waals surface area contributed by atoms with E-state index >= 15 is 0 Å². The fourth-order valence-electron chi connectivity index (χ4n) is 3.16. The van der Waals surface area contributed by atoms with Crippen LogP contribution in [0.15, 0.2) is 59.1 Å². The Kier molecular flexibility index (Phi) is 4.89. The van der Waals surface area contributed by atoms with E-state index in [1.165, 1.54) is 5.57 Å². The van der Waals surface area contributed by atoms with Crippen molar-refractivity contribution in [2.75, 3.05) is 20.2 Å². The molecule has 1 aliphatic heterocycles. The zero-order chi connectivity index (χ0) is 18.6. The third kappa shape index (κ3) is 4.01. The van der Waals surface area contributed by atoms with Gasteiger partial charge in [0.05, 0.1) is 13.7 Å². The van der Waals surface area contributed by atoms with Crippen LogP contribution in [0.1, 0.15) is 17.9 Å². The van der Waals surface area contributed by atoms with E-state index in [2.05, 4.69) is 21.1 Å². The van der Waals surface area contributed by atoms with Crippen LogP contribution in [-0.2, 0) is 6.54 Å². The Hall–Kier alpha value is -3.12. The lowest BCUT2D eigenvalue weighted by atomic mass is 9.99. The summed E-state index contributed by atoms with van der Waals surface area (Å²) in [6, 6.07) is 15.0. The molecule has 0 amide bonds. The summed E-state index contributed by atoms with van der Waals surface area (Å²) in [7, 11) is 1.64. The number of methoxy groups -OCH3 is 1. The van der Waals surface area contributed by atoms with Crippen LogP contribution in [0.5, 0.6) is 11.5 Å². The number of benzene rings is 2. The lowest BCUT2D eigenvalue weighted by Crippen LogP contribution is -2.28. The highest BCUT2D eigenvalue weighted by molar-refractivity contribution is 5.67. The van der Waals surface area contributed by atoms with Crippen molar-refractivity contribution in [1.29, 1.82) is 0 Å². The number of rotatable bonds is 5. The topological polar surface area (TPSA) is 71.6 Å². The van der Waals surface area contributed by atoms with E-state index < -0.39 is 0 Å². The molecule has 0 spiro atoms. The second kappa shape index (κ2) is 7.63. The summed E-state index contributed by atoms with van der Waals surface area (Å²) in [5, 5.41) is 13.5. The van der Waals surface area contributed by atoms with Crippen molar-refractivity contribution >= 4 is 5.57 Å². The second-order valence-corrected chi connectivity index (χ2v) is 6.50. The number of phenolic OH excluding ortho intramolecular Hbond substituents is 1. The van der Waals surface area contributed by atoms with Gasteiger partial charge in [0.25, 0.3) is 0 Å². The standard InChI is InChI=1S/C21H21N3O3/c1-26-19-8-4-17(5-9-19)21-22-20(27-23-21)14-24-12-10-16(11-13-24)15-2-6-18(25)7-3-15/h2-10,25H,11-14H2,1H3. The molecule has 0 radical (unpaired) electrons. The number of nitrogens with zero attached hydrogens (tertiary/aromatic N) is 3. The summed E-state index contributed by atoms with van der Waals surface area (Å²) >= 11 is 0. The van der Waals surface area contributed by atoms with Crippen LogP contribution in [0, 0.1) is 0 Å². The maximum atomic E-state index is 9.41. The molecular formula is C21H21N3O3. The molecule has 0 saturated carbocycles. The van der Waals surface area contributed by atoms with Crippen LogP contribution in [0.2, 0.25) is 0 Å². The largest absolute Gasteiger partial charge is 0.508 e. The molecule has 0 fully saturated rings. The summed E-state index contributed by atoms with van der Waals surface area (Å²) in [4.78, 5) is 6.78. The third-order valence-corrected chi connectivity index (χ3v) is 4.71. The Morgan fingerprint density at radius 3 is 2.48 bits per heavy atom. The quantitative estimate of drug-likeness (QED) is 0.745. The van der Waals surface area contributed by atoms with E-state index in [-0.39, 0.29) is 0 Å². The number of aromatic nitrogens is 2. The predicted molar refractivity (Wildman–Crippen MR) is 102 cm³/mol. The third-order valence-electron chi connectivity index (χ3n) is 4.71. The van der Waals surface area contributed by atoms with Gasteiger partial charge in [-0.1, -0.05) is 23.4 Å². The second-order valence-electron chi connectivity index (χ2n) is 6.50. The van der Waals surface area contributed by atoms with E-state index in [1.807, 2.05) is 36.4 Å². The van der Waals surface area contributed by atoms with E-state index in [0.717, 1.165) is 36.4 Å². The Morgan fingerprint density at radius 1 is 1.07 bits per heavy atom. The monoisotopic (exact) mass is 363 g/mol. The Morgan fingerprint density at radius 2 is 1.81 bits per heavy atom. The maximum absolute atomic E-state index is 9.41. The van der Waals surface area contributed by atoms with Crippen LogP contribution in [-0.4, -0.2) is 40.3 Å². The Balaban J connectivity index is 1.39. The molecule has 0 unspecified atom stereocenters.